The van der Waals surface area contributed by atoms with Crippen molar-refractivity contribution in [1.82, 2.24) is 5.32 Å². The Morgan fingerprint density at radius 2 is 2.24 bits per heavy atom. The van der Waals surface area contributed by atoms with Crippen LogP contribution >= 0.6 is 15.9 Å². The molecule has 0 aliphatic carbocycles. The van der Waals surface area contributed by atoms with Crippen LogP contribution in [0, 0.1) is 5.82 Å². The minimum absolute atomic E-state index is 0.271. The molecule has 0 amide bonds. The van der Waals surface area contributed by atoms with Crippen LogP contribution in [0.5, 0.6) is 5.75 Å². The molecule has 1 N–H and O–H groups in total. The molecule has 17 heavy (non-hydrogen) atoms. The van der Waals surface area contributed by atoms with Crippen molar-refractivity contribution in [1.29, 1.82) is 0 Å². The van der Waals surface area contributed by atoms with E-state index < -0.39 is 0 Å². The van der Waals surface area contributed by atoms with Crippen molar-refractivity contribution in [3.63, 3.8) is 0 Å². The molecule has 1 aromatic rings. The summed E-state index contributed by atoms with van der Waals surface area (Å²) in [7, 11) is 0. The molecule has 1 rings (SSSR count). The summed E-state index contributed by atoms with van der Waals surface area (Å²) < 4.78 is 18.9. The van der Waals surface area contributed by atoms with Crippen LogP contribution in [0.4, 0.5) is 4.39 Å². The minimum atomic E-state index is -0.271. The highest BCUT2D eigenvalue weighted by molar-refractivity contribution is 9.10. The largest absolute Gasteiger partial charge is 0.492 e. The van der Waals surface area contributed by atoms with Gasteiger partial charge in [-0.15, -0.1) is 0 Å². The van der Waals surface area contributed by atoms with Crippen LogP contribution in [0.3, 0.4) is 0 Å². The fourth-order valence-electron chi connectivity index (χ4n) is 1.58. The van der Waals surface area contributed by atoms with Crippen molar-refractivity contribution in [2.75, 3.05) is 13.2 Å². The summed E-state index contributed by atoms with van der Waals surface area (Å²) >= 11 is 3.13. The molecule has 0 spiro atoms. The van der Waals surface area contributed by atoms with Gasteiger partial charge in [0, 0.05) is 12.6 Å². The first-order chi connectivity index (χ1) is 8.13. The van der Waals surface area contributed by atoms with Crippen LogP contribution in [0.15, 0.2) is 22.7 Å². The molecule has 0 radical (unpaired) electrons. The number of halogens is 2. The van der Waals surface area contributed by atoms with E-state index in [0.29, 0.717) is 22.9 Å². The van der Waals surface area contributed by atoms with E-state index in [2.05, 4.69) is 35.1 Å². The molecule has 0 fully saturated rings. The second kappa shape index (κ2) is 7.67. The molecule has 0 saturated heterocycles. The second-order valence-corrected chi connectivity index (χ2v) is 4.92. The molecule has 0 bridgehead atoms. The number of hydrogen-bond acceptors (Lipinski definition) is 2. The first-order valence-electron chi connectivity index (χ1n) is 5.94. The molecule has 0 aliphatic rings. The SMILES string of the molecule is CCCC(C)NCCOc1ccc(F)c(Br)c1. The standard InChI is InChI=1S/C13H19BrFNO/c1-3-4-10(2)16-7-8-17-11-5-6-13(15)12(14)9-11/h5-6,9-10,16H,3-4,7-8H2,1-2H3. The number of hydrogen-bond donors (Lipinski definition) is 1. The maximum absolute atomic E-state index is 13.0. The van der Waals surface area contributed by atoms with E-state index >= 15 is 0 Å². The zero-order valence-corrected chi connectivity index (χ0v) is 11.9. The Balaban J connectivity index is 2.24. The van der Waals surface area contributed by atoms with Gasteiger partial charge in [0.15, 0.2) is 0 Å². The average molecular weight is 304 g/mol. The Morgan fingerprint density at radius 1 is 1.47 bits per heavy atom. The van der Waals surface area contributed by atoms with E-state index in [0.717, 1.165) is 6.54 Å². The van der Waals surface area contributed by atoms with Crippen molar-refractivity contribution < 1.29 is 9.13 Å². The van der Waals surface area contributed by atoms with E-state index in [1.807, 2.05) is 0 Å². The quantitative estimate of drug-likeness (QED) is 0.775. The molecular weight excluding hydrogens is 285 g/mol. The van der Waals surface area contributed by atoms with Gasteiger partial charge in [0.25, 0.3) is 0 Å². The molecule has 0 saturated carbocycles. The minimum Gasteiger partial charge on any atom is -0.492 e. The monoisotopic (exact) mass is 303 g/mol. The van der Waals surface area contributed by atoms with Gasteiger partial charge in [-0.25, -0.2) is 4.39 Å². The van der Waals surface area contributed by atoms with Crippen LogP contribution in [-0.4, -0.2) is 19.2 Å². The Hall–Kier alpha value is -0.610. The van der Waals surface area contributed by atoms with Gasteiger partial charge >= 0.3 is 0 Å². The van der Waals surface area contributed by atoms with Gasteiger partial charge in [-0.05, 0) is 47.5 Å². The van der Waals surface area contributed by atoms with Gasteiger partial charge in [-0.3, -0.25) is 0 Å². The first kappa shape index (κ1) is 14.5. The molecule has 1 atom stereocenters. The lowest BCUT2D eigenvalue weighted by Crippen LogP contribution is -2.29. The van der Waals surface area contributed by atoms with Crippen molar-refractivity contribution >= 4 is 15.9 Å². The van der Waals surface area contributed by atoms with Crippen molar-refractivity contribution in [3.8, 4) is 5.75 Å². The zero-order chi connectivity index (χ0) is 12.7. The van der Waals surface area contributed by atoms with E-state index in [1.54, 1.807) is 12.1 Å². The second-order valence-electron chi connectivity index (χ2n) is 4.07. The van der Waals surface area contributed by atoms with E-state index in [-0.39, 0.29) is 5.82 Å². The summed E-state index contributed by atoms with van der Waals surface area (Å²) in [5.41, 5.74) is 0. The Labute approximate surface area is 111 Å². The molecule has 0 aliphatic heterocycles. The summed E-state index contributed by atoms with van der Waals surface area (Å²) in [5.74, 6) is 0.412. The van der Waals surface area contributed by atoms with Gasteiger partial charge in [-0.1, -0.05) is 13.3 Å². The maximum atomic E-state index is 13.0. The van der Waals surface area contributed by atoms with Crippen molar-refractivity contribution in [3.05, 3.63) is 28.5 Å². The van der Waals surface area contributed by atoms with Gasteiger partial charge in [0.2, 0.25) is 0 Å². The number of benzene rings is 1. The fourth-order valence-corrected chi connectivity index (χ4v) is 1.93. The van der Waals surface area contributed by atoms with Gasteiger partial charge in [0.1, 0.15) is 18.2 Å². The molecule has 1 unspecified atom stereocenters. The van der Waals surface area contributed by atoms with Crippen LogP contribution in [-0.2, 0) is 0 Å². The third-order valence-electron chi connectivity index (χ3n) is 2.48. The third-order valence-corrected chi connectivity index (χ3v) is 3.08. The Morgan fingerprint density at radius 3 is 2.88 bits per heavy atom. The number of rotatable bonds is 7. The molecule has 0 heterocycles. The van der Waals surface area contributed by atoms with Gasteiger partial charge < -0.3 is 10.1 Å². The molecular formula is C13H19BrFNO. The highest BCUT2D eigenvalue weighted by Gasteiger charge is 2.02. The van der Waals surface area contributed by atoms with E-state index in [9.17, 15) is 4.39 Å². The van der Waals surface area contributed by atoms with Gasteiger partial charge in [0.05, 0.1) is 4.47 Å². The van der Waals surface area contributed by atoms with Crippen LogP contribution in [0.1, 0.15) is 26.7 Å². The zero-order valence-electron chi connectivity index (χ0n) is 10.3. The molecule has 0 aromatic heterocycles. The number of nitrogens with one attached hydrogen (secondary N) is 1. The lowest BCUT2D eigenvalue weighted by atomic mass is 10.2. The fraction of sp³-hybridized carbons (Fsp3) is 0.538. The average Bonchev–Trinajstić information content (AvgIpc) is 2.29. The Kier molecular flexibility index (Phi) is 6.52. The lowest BCUT2D eigenvalue weighted by molar-refractivity contribution is 0.304. The third kappa shape index (κ3) is 5.50. The van der Waals surface area contributed by atoms with Crippen LogP contribution < -0.4 is 10.1 Å². The number of ether oxygens (including phenoxy) is 1. The highest BCUT2D eigenvalue weighted by Crippen LogP contribution is 2.21. The summed E-state index contributed by atoms with van der Waals surface area (Å²) in [4.78, 5) is 0. The molecule has 2 nitrogen and oxygen atoms in total. The smallest absolute Gasteiger partial charge is 0.137 e. The normalized spacial score (nSPS) is 12.5. The molecule has 96 valence electrons. The van der Waals surface area contributed by atoms with Crippen LogP contribution in [0.2, 0.25) is 0 Å². The first-order valence-corrected chi connectivity index (χ1v) is 6.74. The predicted molar refractivity (Wildman–Crippen MR) is 72.0 cm³/mol. The summed E-state index contributed by atoms with van der Waals surface area (Å²) in [5, 5.41) is 3.37. The summed E-state index contributed by atoms with van der Waals surface area (Å²) in [6.45, 7) is 5.73. The lowest BCUT2D eigenvalue weighted by Gasteiger charge is -2.13. The maximum Gasteiger partial charge on any atom is 0.137 e. The Bertz CT molecular complexity index is 346. The van der Waals surface area contributed by atoms with Crippen molar-refractivity contribution in [2.45, 2.75) is 32.7 Å². The summed E-state index contributed by atoms with van der Waals surface area (Å²) in [6.07, 6.45) is 2.35. The molecule has 1 aromatic carbocycles. The van der Waals surface area contributed by atoms with E-state index in [4.69, 9.17) is 4.74 Å². The highest BCUT2D eigenvalue weighted by atomic mass is 79.9. The summed E-state index contributed by atoms with van der Waals surface area (Å²) in [6, 6.07) is 5.19. The topological polar surface area (TPSA) is 21.3 Å². The predicted octanol–water partition coefficient (Wildman–Crippen LogP) is 3.75. The van der Waals surface area contributed by atoms with Crippen molar-refractivity contribution in [2.24, 2.45) is 0 Å². The van der Waals surface area contributed by atoms with E-state index in [1.165, 1.54) is 18.9 Å². The van der Waals surface area contributed by atoms with Crippen LogP contribution in [0.25, 0.3) is 0 Å². The molecule has 4 heteroatoms. The van der Waals surface area contributed by atoms with Gasteiger partial charge in [-0.2, -0.15) is 0 Å².